The van der Waals surface area contributed by atoms with Gasteiger partial charge in [0.05, 0.1) is 34.0 Å². The van der Waals surface area contributed by atoms with Gasteiger partial charge in [-0.2, -0.15) is 17.7 Å². The highest BCUT2D eigenvalue weighted by Crippen LogP contribution is 2.40. The largest absolute Gasteiger partial charge is 0.417 e. The fourth-order valence-electron chi connectivity index (χ4n) is 3.88. The number of halogens is 6. The van der Waals surface area contributed by atoms with E-state index in [-0.39, 0.29) is 17.0 Å². The predicted molar refractivity (Wildman–Crippen MR) is 116 cm³/mol. The van der Waals surface area contributed by atoms with Crippen LogP contribution in [-0.2, 0) is 17.3 Å². The minimum absolute atomic E-state index is 0.185. The fraction of sp³-hybridized carbons (Fsp3) is 0.292. The summed E-state index contributed by atoms with van der Waals surface area (Å²) in [6, 6.07) is 4.51. The normalized spacial score (nSPS) is 15.4. The lowest BCUT2D eigenvalue weighted by molar-refractivity contribution is -0.609. The van der Waals surface area contributed by atoms with E-state index < -0.39 is 40.0 Å². The molecular formula is C24H20ClF5N3O+. The van der Waals surface area contributed by atoms with Crippen LogP contribution >= 0.6 is 11.6 Å². The van der Waals surface area contributed by atoms with E-state index >= 15 is 0 Å². The summed E-state index contributed by atoms with van der Waals surface area (Å²) >= 11 is 6.29. The number of aliphatic imine (C=N–C) groups is 1. The molecule has 2 aromatic carbocycles. The zero-order valence-electron chi connectivity index (χ0n) is 18.3. The highest BCUT2D eigenvalue weighted by atomic mass is 35.5. The van der Waals surface area contributed by atoms with E-state index in [4.69, 9.17) is 16.3 Å². The second kappa shape index (κ2) is 9.38. The number of ether oxygens (including phenoxy) is 1. The van der Waals surface area contributed by atoms with E-state index in [1.807, 2.05) is 6.92 Å². The number of hydrogen-bond acceptors (Lipinski definition) is 3. The highest BCUT2D eigenvalue weighted by molar-refractivity contribution is 6.37. The summed E-state index contributed by atoms with van der Waals surface area (Å²) in [4.78, 5) is 8.88. The Kier molecular flexibility index (Phi) is 6.69. The Morgan fingerprint density at radius 1 is 1.09 bits per heavy atom. The van der Waals surface area contributed by atoms with Gasteiger partial charge in [-0.1, -0.05) is 22.7 Å². The number of nitrogens with zero attached hydrogens (tertiary/aromatic N) is 3. The Labute approximate surface area is 197 Å². The Balaban J connectivity index is 2.03. The molecule has 1 aromatic heterocycles. The molecular weight excluding hydrogens is 477 g/mol. The van der Waals surface area contributed by atoms with Crippen molar-refractivity contribution in [2.75, 3.05) is 13.2 Å². The summed E-state index contributed by atoms with van der Waals surface area (Å²) < 4.78 is 77.7. The van der Waals surface area contributed by atoms with E-state index in [9.17, 15) is 22.0 Å². The molecule has 34 heavy (non-hydrogen) atoms. The number of benzene rings is 2. The predicted octanol–water partition coefficient (Wildman–Crippen LogP) is 5.80. The number of hydrogen-bond donors (Lipinski definition) is 0. The molecule has 0 saturated carbocycles. The lowest BCUT2D eigenvalue weighted by Crippen LogP contribution is -2.39. The minimum atomic E-state index is -4.78. The number of alkyl halides is 3. The third-order valence-corrected chi connectivity index (χ3v) is 5.85. The summed E-state index contributed by atoms with van der Waals surface area (Å²) in [6.45, 7) is 4.47. The quantitative estimate of drug-likeness (QED) is 0.254. The maximum absolute atomic E-state index is 14.8. The van der Waals surface area contributed by atoms with Crippen LogP contribution in [0.2, 0.25) is 5.02 Å². The molecule has 4 nitrogen and oxygen atoms in total. The fourth-order valence-corrected chi connectivity index (χ4v) is 4.24. The Bertz CT molecular complexity index is 1260. The molecule has 0 fully saturated rings. The van der Waals surface area contributed by atoms with Crippen molar-refractivity contribution in [3.63, 3.8) is 0 Å². The van der Waals surface area contributed by atoms with E-state index in [1.54, 1.807) is 23.9 Å². The lowest BCUT2D eigenvalue weighted by Gasteiger charge is -2.16. The van der Waals surface area contributed by atoms with Gasteiger partial charge in [0, 0.05) is 18.6 Å². The molecule has 3 aromatic rings. The van der Waals surface area contributed by atoms with Crippen molar-refractivity contribution in [1.29, 1.82) is 0 Å². The van der Waals surface area contributed by atoms with Gasteiger partial charge in [0.25, 0.3) is 0 Å². The molecule has 1 aliphatic rings. The van der Waals surface area contributed by atoms with Crippen LogP contribution in [0.5, 0.6) is 0 Å². The van der Waals surface area contributed by atoms with Gasteiger partial charge in [-0.05, 0) is 38.1 Å². The first-order valence-electron chi connectivity index (χ1n) is 10.5. The molecule has 0 bridgehead atoms. The van der Waals surface area contributed by atoms with Crippen molar-refractivity contribution in [2.45, 2.75) is 32.5 Å². The van der Waals surface area contributed by atoms with Gasteiger partial charge in [0.2, 0.25) is 0 Å². The van der Waals surface area contributed by atoms with Crippen LogP contribution in [-0.4, -0.2) is 23.9 Å². The van der Waals surface area contributed by atoms with Crippen molar-refractivity contribution >= 4 is 17.3 Å². The molecule has 0 saturated heterocycles. The number of fused-ring (bicyclic) bond motifs is 3. The van der Waals surface area contributed by atoms with Gasteiger partial charge in [0.1, 0.15) is 29.7 Å². The van der Waals surface area contributed by atoms with Gasteiger partial charge in [0.15, 0.2) is 6.04 Å². The van der Waals surface area contributed by atoms with Crippen LogP contribution in [0.15, 0.2) is 47.7 Å². The van der Waals surface area contributed by atoms with Gasteiger partial charge in [-0.25, -0.2) is 8.78 Å². The van der Waals surface area contributed by atoms with Crippen molar-refractivity contribution in [2.24, 2.45) is 4.99 Å². The molecule has 0 unspecified atom stereocenters. The van der Waals surface area contributed by atoms with E-state index in [1.165, 1.54) is 12.1 Å². The Hall–Kier alpha value is -2.91. The van der Waals surface area contributed by atoms with Crippen LogP contribution in [0.1, 0.15) is 48.0 Å². The first kappa shape index (κ1) is 24.2. The third kappa shape index (κ3) is 4.42. The molecule has 0 N–H and O–H groups in total. The summed E-state index contributed by atoms with van der Waals surface area (Å²) in [5.41, 5.74) is -1.27. The summed E-state index contributed by atoms with van der Waals surface area (Å²) in [7, 11) is 0. The molecule has 178 valence electrons. The van der Waals surface area contributed by atoms with Crippen molar-refractivity contribution in [1.82, 2.24) is 4.98 Å². The van der Waals surface area contributed by atoms with E-state index in [0.717, 1.165) is 23.8 Å². The van der Waals surface area contributed by atoms with Gasteiger partial charge in [-0.3, -0.25) is 4.99 Å². The summed E-state index contributed by atoms with van der Waals surface area (Å²) in [5, 5.41) is -0.696. The molecule has 4 rings (SSSR count). The molecule has 1 aliphatic heterocycles. The van der Waals surface area contributed by atoms with Crippen LogP contribution in [0, 0.1) is 11.6 Å². The first-order chi connectivity index (χ1) is 16.1. The molecule has 0 amide bonds. The van der Waals surface area contributed by atoms with Crippen molar-refractivity contribution < 1.29 is 31.3 Å². The SMILES string of the molecule is CCOCCc1cnc2[n+](c1)-c1ccc(C(F)(F)F)c(Cl)c1C(c1c(F)cccc1F)=N[C@H]2C. The second-order valence-corrected chi connectivity index (χ2v) is 8.08. The average molecular weight is 497 g/mol. The van der Waals surface area contributed by atoms with Crippen LogP contribution in [0.25, 0.3) is 5.69 Å². The Morgan fingerprint density at radius 3 is 2.44 bits per heavy atom. The second-order valence-electron chi connectivity index (χ2n) is 7.71. The van der Waals surface area contributed by atoms with Crippen molar-refractivity contribution in [3.8, 4) is 5.69 Å². The zero-order chi connectivity index (χ0) is 24.6. The topological polar surface area (TPSA) is 38.4 Å². The number of aromatic nitrogens is 2. The maximum Gasteiger partial charge on any atom is 0.417 e. The van der Waals surface area contributed by atoms with Crippen LogP contribution < -0.4 is 4.57 Å². The molecule has 0 radical (unpaired) electrons. The van der Waals surface area contributed by atoms with Crippen molar-refractivity contribution in [3.05, 3.63) is 87.5 Å². The first-order valence-corrected chi connectivity index (χ1v) is 10.9. The van der Waals surface area contributed by atoms with Gasteiger partial charge < -0.3 is 4.74 Å². The van der Waals surface area contributed by atoms with E-state index in [0.29, 0.717) is 25.5 Å². The van der Waals surface area contributed by atoms with Crippen LogP contribution in [0.3, 0.4) is 0 Å². The molecule has 0 aliphatic carbocycles. The zero-order valence-corrected chi connectivity index (χ0v) is 19.0. The highest BCUT2D eigenvalue weighted by Gasteiger charge is 2.39. The van der Waals surface area contributed by atoms with Gasteiger partial charge in [-0.15, -0.1) is 0 Å². The number of rotatable bonds is 5. The summed E-state index contributed by atoms with van der Waals surface area (Å²) in [5.74, 6) is -1.55. The Morgan fingerprint density at radius 2 is 1.79 bits per heavy atom. The smallest absolute Gasteiger partial charge is 0.381 e. The molecule has 2 heterocycles. The van der Waals surface area contributed by atoms with E-state index in [2.05, 4.69) is 9.98 Å². The molecule has 0 spiro atoms. The molecule has 10 heteroatoms. The molecule has 1 atom stereocenters. The third-order valence-electron chi connectivity index (χ3n) is 5.46. The lowest BCUT2D eigenvalue weighted by atomic mass is 9.97. The van der Waals surface area contributed by atoms with Crippen LogP contribution in [0.4, 0.5) is 22.0 Å². The van der Waals surface area contributed by atoms with Gasteiger partial charge >= 0.3 is 12.0 Å². The monoisotopic (exact) mass is 496 g/mol. The standard InChI is InChI=1S/C24H20ClF5N3O/c1-3-34-10-9-14-11-31-23-13(2)32-22(19-16(26)5-4-6-17(19)27)20-18(33(23)12-14)8-7-15(21(20)25)24(28,29)30/h4-8,11-13H,3,9-10H2,1-2H3/q+1/t13-/m0/s1. The maximum atomic E-state index is 14.8. The minimum Gasteiger partial charge on any atom is -0.381 e. The average Bonchev–Trinajstić information content (AvgIpc) is 2.88. The summed E-state index contributed by atoms with van der Waals surface area (Å²) in [6.07, 6.45) is -0.948.